The Morgan fingerprint density at radius 1 is 1.15 bits per heavy atom. The van der Waals surface area contributed by atoms with Crippen molar-refractivity contribution in [2.45, 2.75) is 32.8 Å². The average Bonchev–Trinajstić information content (AvgIpc) is 3.22. The van der Waals surface area contributed by atoms with E-state index in [1.807, 2.05) is 31.2 Å². The molecule has 0 spiro atoms. The minimum absolute atomic E-state index is 0.0151. The number of methoxy groups -OCH3 is 3. The molecular weight excluding hydrogens is 424 g/mol. The van der Waals surface area contributed by atoms with Crippen molar-refractivity contribution in [1.29, 1.82) is 0 Å². The Bertz CT molecular complexity index is 839. The lowest BCUT2D eigenvalue weighted by Crippen LogP contribution is -2.25. The van der Waals surface area contributed by atoms with Crippen LogP contribution in [0.15, 0.2) is 59.8 Å². The number of aliphatic hydroxyl groups excluding tert-OH is 1. The van der Waals surface area contributed by atoms with Crippen LogP contribution in [0.1, 0.15) is 36.2 Å². The summed E-state index contributed by atoms with van der Waals surface area (Å²) < 4.78 is 27.3. The zero-order valence-corrected chi connectivity index (χ0v) is 20.2. The Morgan fingerprint density at radius 3 is 2.42 bits per heavy atom. The van der Waals surface area contributed by atoms with E-state index in [0.717, 1.165) is 12.0 Å². The number of allylic oxidation sites excluding steroid dienone is 2. The molecule has 1 aliphatic rings. The van der Waals surface area contributed by atoms with E-state index in [9.17, 15) is 9.90 Å². The predicted octanol–water partition coefficient (Wildman–Crippen LogP) is 4.03. The second-order valence-electron chi connectivity index (χ2n) is 7.70. The number of ether oxygens (including phenoxy) is 5. The summed E-state index contributed by atoms with van der Waals surface area (Å²) >= 11 is 0. The second-order valence-corrected chi connectivity index (χ2v) is 7.70. The fraction of sp³-hybridized carbons (Fsp3) is 0.500. The van der Waals surface area contributed by atoms with Gasteiger partial charge in [0.05, 0.1) is 46.2 Å². The topological polar surface area (TPSA) is 83.5 Å². The van der Waals surface area contributed by atoms with E-state index < -0.39 is 0 Å². The maximum Gasteiger partial charge on any atom is 0.338 e. The molecule has 1 N–H and O–H groups in total. The van der Waals surface area contributed by atoms with Crippen molar-refractivity contribution in [2.75, 3.05) is 41.2 Å². The SMILES string of the molecule is C\C=C(OC)/C(OC)=C(\C=C\C[C@H]1OC[C@H](Cc2ccc(C(=O)OCC)cc2)[C@@H]1CO)OC. The van der Waals surface area contributed by atoms with Gasteiger partial charge in [-0.1, -0.05) is 18.2 Å². The Morgan fingerprint density at radius 2 is 1.88 bits per heavy atom. The van der Waals surface area contributed by atoms with E-state index in [-0.39, 0.29) is 30.5 Å². The minimum atomic E-state index is -0.318. The molecule has 1 aromatic rings. The molecule has 3 atom stereocenters. The number of esters is 1. The highest BCUT2D eigenvalue weighted by molar-refractivity contribution is 5.89. The number of hydrogen-bond donors (Lipinski definition) is 1. The molecule has 0 unspecified atom stereocenters. The molecule has 0 saturated carbocycles. The fourth-order valence-electron chi connectivity index (χ4n) is 4.02. The first-order valence-electron chi connectivity index (χ1n) is 11.2. The van der Waals surface area contributed by atoms with E-state index in [2.05, 4.69) is 0 Å². The summed E-state index contributed by atoms with van der Waals surface area (Å²) in [6, 6.07) is 7.43. The van der Waals surface area contributed by atoms with Gasteiger partial charge in [-0.15, -0.1) is 0 Å². The van der Waals surface area contributed by atoms with Gasteiger partial charge in [-0.05, 0) is 62.5 Å². The number of carbonyl (C=O) groups excluding carboxylic acids is 1. The Balaban J connectivity index is 2.03. The zero-order chi connectivity index (χ0) is 24.2. The van der Waals surface area contributed by atoms with Gasteiger partial charge in [0.2, 0.25) is 5.76 Å². The van der Waals surface area contributed by atoms with E-state index >= 15 is 0 Å². The molecule has 1 aromatic carbocycles. The van der Waals surface area contributed by atoms with Gasteiger partial charge in [0, 0.05) is 12.5 Å². The van der Waals surface area contributed by atoms with E-state index in [1.165, 1.54) is 0 Å². The summed E-state index contributed by atoms with van der Waals surface area (Å²) in [7, 11) is 4.72. The molecule has 0 aromatic heterocycles. The lowest BCUT2D eigenvalue weighted by molar-refractivity contribution is 0.0526. The molecule has 1 heterocycles. The van der Waals surface area contributed by atoms with Crippen LogP contribution in [-0.4, -0.2) is 58.3 Å². The van der Waals surface area contributed by atoms with Crippen LogP contribution in [0.5, 0.6) is 0 Å². The van der Waals surface area contributed by atoms with Crippen LogP contribution in [-0.2, 0) is 30.1 Å². The van der Waals surface area contributed by atoms with E-state index in [1.54, 1.807) is 46.5 Å². The number of benzene rings is 1. The average molecular weight is 461 g/mol. The third kappa shape index (κ3) is 7.11. The van der Waals surface area contributed by atoms with Crippen LogP contribution in [0.2, 0.25) is 0 Å². The van der Waals surface area contributed by atoms with Gasteiger partial charge >= 0.3 is 5.97 Å². The molecule has 33 heavy (non-hydrogen) atoms. The summed E-state index contributed by atoms with van der Waals surface area (Å²) in [6.07, 6.45) is 6.90. The molecule has 0 aliphatic carbocycles. The van der Waals surface area contributed by atoms with Gasteiger partial charge in [0.25, 0.3) is 0 Å². The minimum Gasteiger partial charge on any atom is -0.493 e. The first-order chi connectivity index (χ1) is 16.0. The van der Waals surface area contributed by atoms with Gasteiger partial charge < -0.3 is 28.8 Å². The monoisotopic (exact) mass is 460 g/mol. The van der Waals surface area contributed by atoms with Crippen molar-refractivity contribution >= 4 is 5.97 Å². The molecule has 1 fully saturated rings. The maximum atomic E-state index is 11.8. The van der Waals surface area contributed by atoms with Crippen molar-refractivity contribution in [3.63, 3.8) is 0 Å². The number of rotatable bonds is 12. The number of aliphatic hydroxyl groups is 1. The van der Waals surface area contributed by atoms with Crippen LogP contribution < -0.4 is 0 Å². The van der Waals surface area contributed by atoms with E-state index in [4.69, 9.17) is 23.7 Å². The first-order valence-corrected chi connectivity index (χ1v) is 11.2. The molecule has 0 radical (unpaired) electrons. The Labute approximate surface area is 196 Å². The number of carbonyl (C=O) groups is 1. The number of hydrogen-bond acceptors (Lipinski definition) is 7. The van der Waals surface area contributed by atoms with Crippen molar-refractivity contribution < 1.29 is 33.6 Å². The van der Waals surface area contributed by atoms with Crippen LogP contribution in [0.4, 0.5) is 0 Å². The summed E-state index contributed by atoms with van der Waals surface area (Å²) in [5.74, 6) is 1.52. The summed E-state index contributed by atoms with van der Waals surface area (Å²) in [5.41, 5.74) is 1.64. The van der Waals surface area contributed by atoms with Gasteiger partial charge in [0.1, 0.15) is 0 Å². The standard InChI is InChI=1S/C26H36O7/c1-6-22(29-3)25(31-5)24(30-4)10-8-9-23-21(16-27)20(17-33-23)15-18-11-13-19(14-12-18)26(28)32-7-2/h6,8,10-14,20-21,23,27H,7,9,15-17H2,1-5H3/b10-8+,22-6+,25-24-/t20-,21-,23+/m0/s1. The smallest absolute Gasteiger partial charge is 0.338 e. The second kappa shape index (κ2) is 13.7. The Hall–Kier alpha value is -2.77. The molecule has 0 bridgehead atoms. The highest BCUT2D eigenvalue weighted by Gasteiger charge is 2.36. The summed E-state index contributed by atoms with van der Waals surface area (Å²) in [5, 5.41) is 10.0. The van der Waals surface area contributed by atoms with Gasteiger partial charge in [-0.2, -0.15) is 0 Å². The normalized spacial score (nSPS) is 21.6. The highest BCUT2D eigenvalue weighted by Crippen LogP contribution is 2.32. The van der Waals surface area contributed by atoms with Crippen molar-refractivity contribution in [2.24, 2.45) is 11.8 Å². The van der Waals surface area contributed by atoms with Crippen LogP contribution in [0, 0.1) is 11.8 Å². The summed E-state index contributed by atoms with van der Waals surface area (Å²) in [4.78, 5) is 11.8. The lowest BCUT2D eigenvalue weighted by Gasteiger charge is -2.20. The zero-order valence-electron chi connectivity index (χ0n) is 20.2. The fourth-order valence-corrected chi connectivity index (χ4v) is 4.02. The molecule has 2 rings (SSSR count). The molecular formula is C26H36O7. The van der Waals surface area contributed by atoms with E-state index in [0.29, 0.717) is 42.5 Å². The molecule has 1 saturated heterocycles. The quantitative estimate of drug-likeness (QED) is 0.286. The van der Waals surface area contributed by atoms with Crippen molar-refractivity contribution in [3.05, 3.63) is 70.9 Å². The molecule has 182 valence electrons. The molecule has 7 nitrogen and oxygen atoms in total. The first kappa shape index (κ1) is 26.5. The molecule has 7 heteroatoms. The van der Waals surface area contributed by atoms with Gasteiger partial charge in [-0.3, -0.25) is 0 Å². The van der Waals surface area contributed by atoms with Gasteiger partial charge in [-0.25, -0.2) is 4.79 Å². The van der Waals surface area contributed by atoms with Crippen molar-refractivity contribution in [3.8, 4) is 0 Å². The van der Waals surface area contributed by atoms with Gasteiger partial charge in [0.15, 0.2) is 11.5 Å². The van der Waals surface area contributed by atoms with Crippen LogP contribution in [0.3, 0.4) is 0 Å². The third-order valence-corrected chi connectivity index (χ3v) is 5.77. The lowest BCUT2D eigenvalue weighted by atomic mass is 9.85. The van der Waals surface area contributed by atoms with Crippen LogP contribution >= 0.6 is 0 Å². The maximum absolute atomic E-state index is 11.8. The summed E-state index contributed by atoms with van der Waals surface area (Å²) in [6.45, 7) is 4.62. The Kier molecular flexibility index (Phi) is 11.0. The van der Waals surface area contributed by atoms with Crippen LogP contribution in [0.25, 0.3) is 0 Å². The third-order valence-electron chi connectivity index (χ3n) is 5.77. The molecule has 0 amide bonds. The predicted molar refractivity (Wildman–Crippen MR) is 125 cm³/mol. The highest BCUT2D eigenvalue weighted by atomic mass is 16.5. The largest absolute Gasteiger partial charge is 0.493 e. The molecule has 1 aliphatic heterocycles. The van der Waals surface area contributed by atoms with Crippen molar-refractivity contribution in [1.82, 2.24) is 0 Å².